The standard InChI is InChI=1S/C27H27BrFNO10/c1-9-20(31)12(30)6-15(39-9)40-14-8-27(37,25(36)26(28)29)7-11-17(14)24(35)19-18(22(11)33)21(32)10-4-3-5-13(38-2)16(10)23(19)34/h3-5,9,12,14-15,20,26,31,33,35,37H,6-8,30H2,1-2H3/t9-,12-,14-,15-,20+,26?,27-/m0/s1. The average molecular weight is 624 g/mol. The van der Waals surface area contributed by atoms with E-state index in [0.29, 0.717) is 0 Å². The lowest BCUT2D eigenvalue weighted by Gasteiger charge is -2.42. The third-order valence-corrected chi connectivity index (χ3v) is 8.22. The van der Waals surface area contributed by atoms with Gasteiger partial charge in [-0.05, 0) is 28.9 Å². The number of alkyl halides is 2. The number of benzene rings is 2. The van der Waals surface area contributed by atoms with Crippen LogP contribution in [0, 0.1) is 0 Å². The number of rotatable bonds is 5. The second-order valence-electron chi connectivity index (χ2n) is 10.2. The van der Waals surface area contributed by atoms with Crippen LogP contribution in [-0.4, -0.2) is 80.1 Å². The molecule has 0 spiro atoms. The van der Waals surface area contributed by atoms with E-state index >= 15 is 0 Å². The number of carbonyl (C=O) groups excluding carboxylic acids is 3. The quantitative estimate of drug-likeness (QED) is 0.206. The molecule has 11 nitrogen and oxygen atoms in total. The number of hydrogen-bond acceptors (Lipinski definition) is 11. The predicted octanol–water partition coefficient (Wildman–Crippen LogP) is 1.70. The summed E-state index contributed by atoms with van der Waals surface area (Å²) in [6, 6.07) is 3.55. The fourth-order valence-corrected chi connectivity index (χ4v) is 6.21. The summed E-state index contributed by atoms with van der Waals surface area (Å²) < 4.78 is 31.1. The fraction of sp³-hybridized carbons (Fsp3) is 0.444. The molecule has 1 saturated heterocycles. The number of aliphatic hydroxyl groups excluding tert-OH is 1. The Hall–Kier alpha value is -2.94. The molecule has 2 aromatic carbocycles. The first-order valence-electron chi connectivity index (χ1n) is 12.5. The molecule has 3 aliphatic rings. The lowest BCUT2D eigenvalue weighted by atomic mass is 9.72. The van der Waals surface area contributed by atoms with Gasteiger partial charge in [0.1, 0.15) is 22.8 Å². The maximum Gasteiger partial charge on any atom is 0.215 e. The van der Waals surface area contributed by atoms with E-state index in [1.165, 1.54) is 25.3 Å². The van der Waals surface area contributed by atoms with Crippen molar-refractivity contribution in [2.75, 3.05) is 7.11 Å². The number of hydrogen-bond donors (Lipinski definition) is 5. The van der Waals surface area contributed by atoms with Crippen LogP contribution in [-0.2, 0) is 20.7 Å². The minimum absolute atomic E-state index is 0.0203. The zero-order valence-corrected chi connectivity index (χ0v) is 23.0. The summed E-state index contributed by atoms with van der Waals surface area (Å²) in [7, 11) is 1.31. The summed E-state index contributed by atoms with van der Waals surface area (Å²) in [5.41, 5.74) is 1.90. The number of carbonyl (C=O) groups is 3. The van der Waals surface area contributed by atoms with Crippen molar-refractivity contribution in [2.45, 2.75) is 67.5 Å². The van der Waals surface area contributed by atoms with Crippen LogP contribution < -0.4 is 10.5 Å². The van der Waals surface area contributed by atoms with Crippen molar-refractivity contribution in [1.82, 2.24) is 0 Å². The molecule has 2 aromatic rings. The van der Waals surface area contributed by atoms with Gasteiger partial charge in [-0.2, -0.15) is 0 Å². The second-order valence-corrected chi connectivity index (χ2v) is 11.0. The normalized spacial score (nSPS) is 30.2. The number of aromatic hydroxyl groups is 2. The number of ether oxygens (including phenoxy) is 3. The fourth-order valence-electron chi connectivity index (χ4n) is 5.78. The summed E-state index contributed by atoms with van der Waals surface area (Å²) in [4.78, 5) is 39.9. The lowest BCUT2D eigenvalue weighted by Crippen LogP contribution is -2.53. The number of phenols is 2. The van der Waals surface area contributed by atoms with Crippen LogP contribution in [0.4, 0.5) is 4.39 Å². The maximum absolute atomic E-state index is 14.1. The Labute approximate surface area is 235 Å². The molecule has 214 valence electrons. The number of Topliss-reactive ketones (excluding diaryl/α,β-unsaturated/α-hetero) is 1. The molecule has 5 rings (SSSR count). The topological polar surface area (TPSA) is 186 Å². The van der Waals surface area contributed by atoms with Gasteiger partial charge in [-0.15, -0.1) is 0 Å². The SMILES string of the molecule is COc1cccc2c1C(=O)c1c(O)c3c(c(O)c1C2=O)C[C@@](O)(C(=O)C(F)Br)C[C@@H]3O[C@H]1C[C@H](N)[C@H](O)[C@H](C)O1. The molecule has 1 fully saturated rings. The third kappa shape index (κ3) is 4.32. The molecule has 0 bridgehead atoms. The van der Waals surface area contributed by atoms with E-state index in [0.717, 1.165) is 0 Å². The Morgan fingerprint density at radius 3 is 2.50 bits per heavy atom. The zero-order valence-electron chi connectivity index (χ0n) is 21.4. The van der Waals surface area contributed by atoms with Gasteiger partial charge in [-0.25, -0.2) is 4.39 Å². The summed E-state index contributed by atoms with van der Waals surface area (Å²) >= 11 is 2.52. The first-order chi connectivity index (χ1) is 18.8. The Morgan fingerprint density at radius 2 is 1.88 bits per heavy atom. The molecule has 0 amide bonds. The number of halogens is 2. The summed E-state index contributed by atoms with van der Waals surface area (Å²) in [6.45, 7) is 1.56. The molecule has 7 atom stereocenters. The highest BCUT2D eigenvalue weighted by molar-refractivity contribution is 9.09. The van der Waals surface area contributed by atoms with Crippen molar-refractivity contribution >= 4 is 33.3 Å². The van der Waals surface area contributed by atoms with Crippen LogP contribution >= 0.6 is 15.9 Å². The Morgan fingerprint density at radius 1 is 1.20 bits per heavy atom. The molecule has 2 aliphatic carbocycles. The highest BCUT2D eigenvalue weighted by Gasteiger charge is 2.51. The van der Waals surface area contributed by atoms with Crippen molar-refractivity contribution in [3.63, 3.8) is 0 Å². The van der Waals surface area contributed by atoms with Gasteiger partial charge < -0.3 is 40.4 Å². The molecule has 1 aliphatic heterocycles. The number of methoxy groups -OCH3 is 1. The molecular formula is C27H27BrFNO10. The van der Waals surface area contributed by atoms with E-state index in [4.69, 9.17) is 19.9 Å². The molecule has 13 heteroatoms. The van der Waals surface area contributed by atoms with Gasteiger partial charge in [0.25, 0.3) is 0 Å². The molecule has 40 heavy (non-hydrogen) atoms. The van der Waals surface area contributed by atoms with Crippen molar-refractivity contribution in [3.8, 4) is 17.2 Å². The average Bonchev–Trinajstić information content (AvgIpc) is 2.90. The first kappa shape index (κ1) is 28.6. The van der Waals surface area contributed by atoms with Gasteiger partial charge in [-0.1, -0.05) is 12.1 Å². The number of phenolic OH excluding ortho intramolecular Hbond substituents is 2. The lowest BCUT2D eigenvalue weighted by molar-refractivity contribution is -0.247. The number of ketones is 3. The van der Waals surface area contributed by atoms with Crippen molar-refractivity contribution in [3.05, 3.63) is 51.6 Å². The van der Waals surface area contributed by atoms with Gasteiger partial charge in [-0.3, -0.25) is 14.4 Å². The van der Waals surface area contributed by atoms with Gasteiger partial charge in [0.15, 0.2) is 12.1 Å². The Balaban J connectivity index is 1.69. The van der Waals surface area contributed by atoms with Crippen molar-refractivity contribution < 1.29 is 53.4 Å². The van der Waals surface area contributed by atoms with Crippen LogP contribution in [0.2, 0.25) is 0 Å². The molecule has 0 aromatic heterocycles. The second kappa shape index (κ2) is 10.2. The van der Waals surface area contributed by atoms with Gasteiger partial charge in [0.05, 0.1) is 42.1 Å². The van der Waals surface area contributed by atoms with Gasteiger partial charge in [0, 0.05) is 42.0 Å². The summed E-state index contributed by atoms with van der Waals surface area (Å²) in [5, 5.41) is 42.0. The van der Waals surface area contributed by atoms with E-state index in [9.17, 15) is 39.2 Å². The smallest absolute Gasteiger partial charge is 0.215 e. The van der Waals surface area contributed by atoms with Crippen molar-refractivity contribution in [2.24, 2.45) is 5.73 Å². The predicted molar refractivity (Wildman–Crippen MR) is 138 cm³/mol. The monoisotopic (exact) mass is 623 g/mol. The number of aliphatic hydroxyl groups is 2. The van der Waals surface area contributed by atoms with Crippen LogP contribution in [0.25, 0.3) is 0 Å². The first-order valence-corrected chi connectivity index (χ1v) is 13.4. The number of fused-ring (bicyclic) bond motifs is 3. The van der Waals surface area contributed by atoms with E-state index in [2.05, 4.69) is 15.9 Å². The Bertz CT molecular complexity index is 1420. The highest BCUT2D eigenvalue weighted by Crippen LogP contribution is 2.52. The van der Waals surface area contributed by atoms with E-state index in [1.807, 2.05) is 0 Å². The van der Waals surface area contributed by atoms with Crippen molar-refractivity contribution in [1.29, 1.82) is 0 Å². The molecule has 6 N–H and O–H groups in total. The van der Waals surface area contributed by atoms with E-state index in [1.54, 1.807) is 6.92 Å². The molecule has 0 radical (unpaired) electrons. The third-order valence-electron chi connectivity index (χ3n) is 7.80. The molecule has 1 unspecified atom stereocenters. The zero-order chi connectivity index (χ0) is 29.3. The minimum atomic E-state index is -2.44. The molecule has 0 saturated carbocycles. The minimum Gasteiger partial charge on any atom is -0.507 e. The Kier molecular flexibility index (Phi) is 7.26. The van der Waals surface area contributed by atoms with E-state index < -0.39 is 94.1 Å². The highest BCUT2D eigenvalue weighted by atomic mass is 79.9. The van der Waals surface area contributed by atoms with Crippen LogP contribution in [0.3, 0.4) is 0 Å². The van der Waals surface area contributed by atoms with Gasteiger partial charge >= 0.3 is 0 Å². The van der Waals surface area contributed by atoms with Crippen LogP contribution in [0.1, 0.15) is 68.8 Å². The maximum atomic E-state index is 14.1. The van der Waals surface area contributed by atoms with Gasteiger partial charge in [0.2, 0.25) is 16.6 Å². The van der Waals surface area contributed by atoms with Crippen LogP contribution in [0.15, 0.2) is 18.2 Å². The number of nitrogens with two attached hydrogens (primary N) is 1. The summed E-state index contributed by atoms with van der Waals surface area (Å²) in [5.74, 6) is -4.26. The van der Waals surface area contributed by atoms with Crippen LogP contribution in [0.5, 0.6) is 17.2 Å². The molecular weight excluding hydrogens is 597 g/mol. The van der Waals surface area contributed by atoms with E-state index in [-0.39, 0.29) is 34.4 Å². The summed E-state index contributed by atoms with van der Waals surface area (Å²) in [6.07, 6.45) is -5.60. The molecule has 1 heterocycles. The largest absolute Gasteiger partial charge is 0.507 e.